The van der Waals surface area contributed by atoms with Crippen molar-refractivity contribution in [1.82, 2.24) is 9.97 Å². The molecule has 0 fully saturated rings. The van der Waals surface area contributed by atoms with Crippen LogP contribution in [0.2, 0.25) is 0 Å². The lowest BCUT2D eigenvalue weighted by Crippen LogP contribution is -2.07. The molecule has 0 saturated carbocycles. The maximum absolute atomic E-state index is 4.27. The van der Waals surface area contributed by atoms with Crippen LogP contribution in [0.25, 0.3) is 21.3 Å². The van der Waals surface area contributed by atoms with Crippen LogP contribution in [-0.4, -0.2) is 24.1 Å². The fraction of sp³-hybridized carbons (Fsp3) is 0.143. The standard InChI is InChI=1S/C14H13N3S/c1-17(2)11-5-3-10(4-6-11)13-8-18-14-12(13)7-15-9-16-14/h3-9H,1-2H3. The predicted octanol–water partition coefficient (Wildman–Crippen LogP) is 3.42. The largest absolute Gasteiger partial charge is 0.378 e. The number of hydrogen-bond acceptors (Lipinski definition) is 4. The van der Waals surface area contributed by atoms with Gasteiger partial charge in [0.1, 0.15) is 11.2 Å². The molecule has 3 rings (SSSR count). The number of benzene rings is 1. The maximum atomic E-state index is 4.27. The molecule has 0 aliphatic carbocycles. The van der Waals surface area contributed by atoms with Gasteiger partial charge < -0.3 is 4.90 Å². The molecule has 0 N–H and O–H groups in total. The summed E-state index contributed by atoms with van der Waals surface area (Å²) in [4.78, 5) is 11.5. The van der Waals surface area contributed by atoms with E-state index in [1.165, 1.54) is 16.8 Å². The van der Waals surface area contributed by atoms with Crippen molar-refractivity contribution in [2.75, 3.05) is 19.0 Å². The first-order valence-corrected chi connectivity index (χ1v) is 6.58. The molecule has 0 atom stereocenters. The average Bonchev–Trinajstić information content (AvgIpc) is 2.82. The summed E-state index contributed by atoms with van der Waals surface area (Å²) in [5.41, 5.74) is 3.62. The number of fused-ring (bicyclic) bond motifs is 1. The van der Waals surface area contributed by atoms with Crippen molar-refractivity contribution in [2.24, 2.45) is 0 Å². The summed E-state index contributed by atoms with van der Waals surface area (Å²) in [6, 6.07) is 8.54. The van der Waals surface area contributed by atoms with E-state index < -0.39 is 0 Å². The number of thiophene rings is 1. The molecule has 90 valence electrons. The van der Waals surface area contributed by atoms with Crippen molar-refractivity contribution >= 4 is 27.2 Å². The lowest BCUT2D eigenvalue weighted by atomic mass is 10.1. The van der Waals surface area contributed by atoms with Crippen molar-refractivity contribution in [3.05, 3.63) is 42.2 Å². The Balaban J connectivity index is 2.09. The zero-order valence-corrected chi connectivity index (χ0v) is 11.1. The van der Waals surface area contributed by atoms with Crippen molar-refractivity contribution < 1.29 is 0 Å². The van der Waals surface area contributed by atoms with Gasteiger partial charge in [0, 0.05) is 42.3 Å². The Morgan fingerprint density at radius 3 is 2.61 bits per heavy atom. The Morgan fingerprint density at radius 1 is 1.11 bits per heavy atom. The molecule has 2 aromatic heterocycles. The van der Waals surface area contributed by atoms with Crippen LogP contribution in [0.5, 0.6) is 0 Å². The van der Waals surface area contributed by atoms with Gasteiger partial charge in [0.05, 0.1) is 0 Å². The fourth-order valence-electron chi connectivity index (χ4n) is 1.94. The monoisotopic (exact) mass is 255 g/mol. The van der Waals surface area contributed by atoms with Crippen LogP contribution in [0, 0.1) is 0 Å². The second kappa shape index (κ2) is 4.38. The second-order valence-electron chi connectivity index (χ2n) is 4.33. The molecule has 0 aliphatic heterocycles. The molecule has 3 nitrogen and oxygen atoms in total. The highest BCUT2D eigenvalue weighted by Crippen LogP contribution is 2.32. The number of nitrogens with zero attached hydrogens (tertiary/aromatic N) is 3. The van der Waals surface area contributed by atoms with E-state index in [0.717, 1.165) is 10.2 Å². The third-order valence-corrected chi connectivity index (χ3v) is 3.85. The minimum atomic E-state index is 1.04. The zero-order chi connectivity index (χ0) is 12.5. The van der Waals surface area contributed by atoms with Gasteiger partial charge in [-0.1, -0.05) is 12.1 Å². The molecule has 3 aromatic rings. The van der Waals surface area contributed by atoms with Crippen LogP contribution in [0.3, 0.4) is 0 Å². The molecular weight excluding hydrogens is 242 g/mol. The van der Waals surface area contributed by atoms with Crippen molar-refractivity contribution in [3.63, 3.8) is 0 Å². The molecule has 0 radical (unpaired) electrons. The van der Waals surface area contributed by atoms with Crippen LogP contribution in [-0.2, 0) is 0 Å². The van der Waals surface area contributed by atoms with Gasteiger partial charge in [0.2, 0.25) is 0 Å². The van der Waals surface area contributed by atoms with Gasteiger partial charge in [-0.15, -0.1) is 11.3 Å². The van der Waals surface area contributed by atoms with Crippen molar-refractivity contribution in [3.8, 4) is 11.1 Å². The van der Waals surface area contributed by atoms with Crippen LogP contribution >= 0.6 is 11.3 Å². The summed E-state index contributed by atoms with van der Waals surface area (Å²) in [5.74, 6) is 0. The lowest BCUT2D eigenvalue weighted by Gasteiger charge is -2.12. The molecule has 2 heterocycles. The molecule has 18 heavy (non-hydrogen) atoms. The molecule has 0 unspecified atom stereocenters. The quantitative estimate of drug-likeness (QED) is 0.702. The smallest absolute Gasteiger partial charge is 0.127 e. The molecule has 0 amide bonds. The van der Waals surface area contributed by atoms with Crippen LogP contribution < -0.4 is 4.90 Å². The molecule has 0 spiro atoms. The van der Waals surface area contributed by atoms with Gasteiger partial charge in [-0.3, -0.25) is 0 Å². The fourth-order valence-corrected chi connectivity index (χ4v) is 2.83. The summed E-state index contributed by atoms with van der Waals surface area (Å²) in [5, 5.41) is 3.27. The molecule has 0 aliphatic rings. The highest BCUT2D eigenvalue weighted by Gasteiger charge is 2.07. The van der Waals surface area contributed by atoms with Gasteiger partial charge in [-0.25, -0.2) is 9.97 Å². The van der Waals surface area contributed by atoms with Gasteiger partial charge in [0.25, 0.3) is 0 Å². The predicted molar refractivity (Wildman–Crippen MR) is 77.2 cm³/mol. The summed E-state index contributed by atoms with van der Waals surface area (Å²) < 4.78 is 0. The first kappa shape index (κ1) is 11.2. The van der Waals surface area contributed by atoms with E-state index in [2.05, 4.69) is 44.5 Å². The minimum absolute atomic E-state index is 1.04. The topological polar surface area (TPSA) is 29.0 Å². The average molecular weight is 255 g/mol. The first-order chi connectivity index (χ1) is 8.75. The van der Waals surface area contributed by atoms with Gasteiger partial charge >= 0.3 is 0 Å². The third-order valence-electron chi connectivity index (χ3n) is 2.95. The molecule has 4 heteroatoms. The lowest BCUT2D eigenvalue weighted by molar-refractivity contribution is 1.13. The van der Waals surface area contributed by atoms with E-state index in [-0.39, 0.29) is 0 Å². The van der Waals surface area contributed by atoms with E-state index >= 15 is 0 Å². The van der Waals surface area contributed by atoms with E-state index in [0.29, 0.717) is 0 Å². The Hall–Kier alpha value is -1.94. The molecule has 0 bridgehead atoms. The Labute approximate surface area is 110 Å². The highest BCUT2D eigenvalue weighted by atomic mass is 32.1. The first-order valence-electron chi connectivity index (χ1n) is 5.70. The second-order valence-corrected chi connectivity index (χ2v) is 5.19. The normalized spacial score (nSPS) is 10.8. The maximum Gasteiger partial charge on any atom is 0.127 e. The number of anilines is 1. The summed E-state index contributed by atoms with van der Waals surface area (Å²) in [6.45, 7) is 0. The minimum Gasteiger partial charge on any atom is -0.378 e. The van der Waals surface area contributed by atoms with Crippen LogP contribution in [0.1, 0.15) is 0 Å². The van der Waals surface area contributed by atoms with E-state index in [1.807, 2.05) is 20.3 Å². The molecular formula is C14H13N3S. The van der Waals surface area contributed by atoms with E-state index in [4.69, 9.17) is 0 Å². The van der Waals surface area contributed by atoms with Gasteiger partial charge in [0.15, 0.2) is 0 Å². The zero-order valence-electron chi connectivity index (χ0n) is 10.3. The SMILES string of the molecule is CN(C)c1ccc(-c2csc3ncncc23)cc1. The number of hydrogen-bond donors (Lipinski definition) is 0. The summed E-state index contributed by atoms with van der Waals surface area (Å²) in [6.07, 6.45) is 3.48. The number of rotatable bonds is 2. The third kappa shape index (κ3) is 1.84. The highest BCUT2D eigenvalue weighted by molar-refractivity contribution is 7.17. The molecule has 1 aromatic carbocycles. The summed E-state index contributed by atoms with van der Waals surface area (Å²) >= 11 is 1.66. The number of aromatic nitrogens is 2. The van der Waals surface area contributed by atoms with Gasteiger partial charge in [-0.05, 0) is 17.7 Å². The Bertz CT molecular complexity index is 671. The molecule has 0 saturated heterocycles. The van der Waals surface area contributed by atoms with Crippen LogP contribution in [0.4, 0.5) is 5.69 Å². The Morgan fingerprint density at radius 2 is 1.89 bits per heavy atom. The summed E-state index contributed by atoms with van der Waals surface area (Å²) in [7, 11) is 4.09. The van der Waals surface area contributed by atoms with Crippen molar-refractivity contribution in [2.45, 2.75) is 0 Å². The van der Waals surface area contributed by atoms with E-state index in [1.54, 1.807) is 17.7 Å². The van der Waals surface area contributed by atoms with E-state index in [9.17, 15) is 0 Å². The van der Waals surface area contributed by atoms with Crippen LogP contribution in [0.15, 0.2) is 42.2 Å². The van der Waals surface area contributed by atoms with Gasteiger partial charge in [-0.2, -0.15) is 0 Å². The van der Waals surface area contributed by atoms with Crippen molar-refractivity contribution in [1.29, 1.82) is 0 Å². The Kier molecular flexibility index (Phi) is 2.72.